The van der Waals surface area contributed by atoms with Crippen molar-refractivity contribution in [1.82, 2.24) is 0 Å². The highest BCUT2D eigenvalue weighted by Crippen LogP contribution is 2.29. The summed E-state index contributed by atoms with van der Waals surface area (Å²) in [5.41, 5.74) is 0.257. The standard InChI is InChI=1S/C14H16FNO3/c1-14(2,3)19-7-6-16-11-8-9(15)4-5-10(11)12(17)13(16)18/h4-5,8H,6-7H2,1-3H3. The van der Waals surface area contributed by atoms with Crippen LogP contribution in [0.5, 0.6) is 0 Å². The first kappa shape index (κ1) is 13.7. The van der Waals surface area contributed by atoms with Crippen molar-refractivity contribution in [3.05, 3.63) is 29.6 Å². The number of hydrogen-bond donors (Lipinski definition) is 0. The summed E-state index contributed by atoms with van der Waals surface area (Å²) in [5, 5.41) is 0. The number of nitrogens with zero attached hydrogens (tertiary/aromatic N) is 1. The van der Waals surface area contributed by atoms with E-state index in [-0.39, 0.29) is 17.7 Å². The highest BCUT2D eigenvalue weighted by atomic mass is 19.1. The van der Waals surface area contributed by atoms with Gasteiger partial charge in [0.2, 0.25) is 0 Å². The van der Waals surface area contributed by atoms with Crippen LogP contribution in [0.1, 0.15) is 31.1 Å². The number of benzene rings is 1. The number of ketones is 1. The Hall–Kier alpha value is -1.75. The molecule has 5 heteroatoms. The number of amides is 1. The lowest BCUT2D eigenvalue weighted by Gasteiger charge is -2.22. The first-order valence-electron chi connectivity index (χ1n) is 6.09. The van der Waals surface area contributed by atoms with E-state index in [4.69, 9.17) is 4.74 Å². The van der Waals surface area contributed by atoms with Gasteiger partial charge in [0.15, 0.2) is 0 Å². The molecule has 1 aliphatic heterocycles. The molecule has 0 N–H and O–H groups in total. The number of fused-ring (bicyclic) bond motifs is 1. The fraction of sp³-hybridized carbons (Fsp3) is 0.429. The van der Waals surface area contributed by atoms with E-state index in [2.05, 4.69) is 0 Å². The summed E-state index contributed by atoms with van der Waals surface area (Å²) >= 11 is 0. The normalized spacial score (nSPS) is 15.1. The smallest absolute Gasteiger partial charge is 0.299 e. The van der Waals surface area contributed by atoms with Crippen molar-refractivity contribution < 1.29 is 18.7 Å². The van der Waals surface area contributed by atoms with Crippen molar-refractivity contribution >= 4 is 17.4 Å². The van der Waals surface area contributed by atoms with Gasteiger partial charge in [-0.1, -0.05) is 0 Å². The number of ether oxygens (including phenoxy) is 1. The van der Waals surface area contributed by atoms with Gasteiger partial charge in [-0.3, -0.25) is 9.59 Å². The van der Waals surface area contributed by atoms with Crippen LogP contribution >= 0.6 is 0 Å². The van der Waals surface area contributed by atoms with E-state index in [0.717, 1.165) is 0 Å². The quantitative estimate of drug-likeness (QED) is 0.787. The zero-order valence-corrected chi connectivity index (χ0v) is 11.2. The molecule has 0 bridgehead atoms. The first-order chi connectivity index (χ1) is 8.79. The average molecular weight is 265 g/mol. The van der Waals surface area contributed by atoms with E-state index < -0.39 is 17.5 Å². The second kappa shape index (κ2) is 4.74. The minimum absolute atomic E-state index is 0.234. The molecule has 2 rings (SSSR count). The van der Waals surface area contributed by atoms with Gasteiger partial charge in [-0.25, -0.2) is 4.39 Å². The molecule has 4 nitrogen and oxygen atoms in total. The van der Waals surface area contributed by atoms with Gasteiger partial charge >= 0.3 is 0 Å². The predicted molar refractivity (Wildman–Crippen MR) is 68.8 cm³/mol. The van der Waals surface area contributed by atoms with E-state index in [1.54, 1.807) is 0 Å². The van der Waals surface area contributed by atoms with Gasteiger partial charge in [-0.2, -0.15) is 0 Å². The molecule has 1 amide bonds. The Morgan fingerprint density at radius 1 is 1.26 bits per heavy atom. The van der Waals surface area contributed by atoms with E-state index in [1.807, 2.05) is 20.8 Å². The van der Waals surface area contributed by atoms with Gasteiger partial charge in [0.05, 0.1) is 23.5 Å². The topological polar surface area (TPSA) is 46.6 Å². The van der Waals surface area contributed by atoms with Crippen LogP contribution in [-0.2, 0) is 9.53 Å². The summed E-state index contributed by atoms with van der Waals surface area (Å²) in [4.78, 5) is 24.8. The maximum Gasteiger partial charge on any atom is 0.299 e. The average Bonchev–Trinajstić information content (AvgIpc) is 2.52. The highest BCUT2D eigenvalue weighted by molar-refractivity contribution is 6.52. The molecule has 1 aromatic rings. The third-order valence-corrected chi connectivity index (χ3v) is 2.78. The summed E-state index contributed by atoms with van der Waals surface area (Å²) in [6, 6.07) is 3.73. The lowest BCUT2D eigenvalue weighted by molar-refractivity contribution is -0.114. The number of carbonyl (C=O) groups is 2. The minimum Gasteiger partial charge on any atom is -0.374 e. The Morgan fingerprint density at radius 3 is 2.58 bits per heavy atom. The fourth-order valence-electron chi connectivity index (χ4n) is 1.93. The molecule has 0 aromatic heterocycles. The van der Waals surface area contributed by atoms with Gasteiger partial charge in [0.1, 0.15) is 5.82 Å². The van der Waals surface area contributed by atoms with Crippen LogP contribution in [0.4, 0.5) is 10.1 Å². The summed E-state index contributed by atoms with van der Waals surface area (Å²) in [6.45, 7) is 6.23. The zero-order valence-electron chi connectivity index (χ0n) is 11.2. The minimum atomic E-state index is -0.627. The number of rotatable bonds is 3. The van der Waals surface area contributed by atoms with E-state index in [9.17, 15) is 14.0 Å². The van der Waals surface area contributed by atoms with Crippen LogP contribution in [0.2, 0.25) is 0 Å². The van der Waals surface area contributed by atoms with Crippen molar-refractivity contribution in [2.45, 2.75) is 26.4 Å². The van der Waals surface area contributed by atoms with Crippen molar-refractivity contribution in [3.63, 3.8) is 0 Å². The third kappa shape index (κ3) is 2.81. The second-order valence-corrected chi connectivity index (χ2v) is 5.41. The van der Waals surface area contributed by atoms with Crippen LogP contribution in [0.25, 0.3) is 0 Å². The SMILES string of the molecule is CC(C)(C)OCCN1C(=O)C(=O)c2ccc(F)cc21. The molecule has 0 atom stereocenters. The Morgan fingerprint density at radius 2 is 1.95 bits per heavy atom. The Labute approximate surface area is 111 Å². The van der Waals surface area contributed by atoms with Gasteiger partial charge in [0, 0.05) is 6.54 Å². The lowest BCUT2D eigenvalue weighted by atomic mass is 10.1. The summed E-state index contributed by atoms with van der Waals surface area (Å²) in [5.74, 6) is -1.69. The molecule has 102 valence electrons. The largest absolute Gasteiger partial charge is 0.374 e. The number of hydrogen-bond acceptors (Lipinski definition) is 3. The first-order valence-corrected chi connectivity index (χ1v) is 6.09. The van der Waals surface area contributed by atoms with Crippen molar-refractivity contribution in [2.24, 2.45) is 0 Å². The molecule has 0 saturated carbocycles. The van der Waals surface area contributed by atoms with Gasteiger partial charge in [0.25, 0.3) is 11.7 Å². The van der Waals surface area contributed by atoms with Crippen LogP contribution in [-0.4, -0.2) is 30.4 Å². The van der Waals surface area contributed by atoms with Crippen LogP contribution < -0.4 is 4.90 Å². The molecule has 0 aliphatic carbocycles. The van der Waals surface area contributed by atoms with E-state index >= 15 is 0 Å². The van der Waals surface area contributed by atoms with Crippen LogP contribution in [0, 0.1) is 5.82 Å². The van der Waals surface area contributed by atoms with Gasteiger partial charge < -0.3 is 9.64 Å². The third-order valence-electron chi connectivity index (χ3n) is 2.78. The molecule has 0 spiro atoms. The highest BCUT2D eigenvalue weighted by Gasteiger charge is 2.35. The second-order valence-electron chi connectivity index (χ2n) is 5.41. The van der Waals surface area contributed by atoms with Gasteiger partial charge in [-0.15, -0.1) is 0 Å². The Kier molecular flexibility index (Phi) is 3.41. The molecule has 1 aliphatic rings. The lowest BCUT2D eigenvalue weighted by Crippen LogP contribution is -2.34. The number of halogens is 1. The fourth-order valence-corrected chi connectivity index (χ4v) is 1.93. The Bertz CT molecular complexity index is 534. The molecule has 0 saturated heterocycles. The van der Waals surface area contributed by atoms with Crippen molar-refractivity contribution in [1.29, 1.82) is 0 Å². The zero-order chi connectivity index (χ0) is 14.2. The van der Waals surface area contributed by atoms with Gasteiger partial charge in [-0.05, 0) is 39.0 Å². The Balaban J connectivity index is 2.16. The van der Waals surface area contributed by atoms with Crippen LogP contribution in [0.3, 0.4) is 0 Å². The number of Topliss-reactive ketones (excluding diaryl/α,β-unsaturated/α-hetero) is 1. The molecule has 19 heavy (non-hydrogen) atoms. The monoisotopic (exact) mass is 265 g/mol. The number of anilines is 1. The molecular weight excluding hydrogens is 249 g/mol. The number of carbonyl (C=O) groups excluding carboxylic acids is 2. The molecule has 1 aromatic carbocycles. The molecular formula is C14H16FNO3. The molecule has 1 heterocycles. The van der Waals surface area contributed by atoms with E-state index in [0.29, 0.717) is 12.3 Å². The summed E-state index contributed by atoms with van der Waals surface area (Å²) < 4.78 is 18.7. The van der Waals surface area contributed by atoms with Crippen LogP contribution in [0.15, 0.2) is 18.2 Å². The molecule has 0 fully saturated rings. The predicted octanol–water partition coefficient (Wildman–Crippen LogP) is 2.17. The van der Waals surface area contributed by atoms with Crippen molar-refractivity contribution in [3.8, 4) is 0 Å². The summed E-state index contributed by atoms with van der Waals surface area (Å²) in [6.07, 6.45) is 0. The molecule has 0 radical (unpaired) electrons. The maximum atomic E-state index is 13.2. The van der Waals surface area contributed by atoms with E-state index in [1.165, 1.54) is 23.1 Å². The van der Waals surface area contributed by atoms with Crippen molar-refractivity contribution in [2.75, 3.05) is 18.1 Å². The maximum absolute atomic E-state index is 13.2. The molecule has 0 unspecified atom stereocenters. The summed E-state index contributed by atoms with van der Waals surface area (Å²) in [7, 11) is 0.